The standard InChI is InChI=1S/C17H21N3O.ClH/c18-17(9-4-10-17)16-19-15(21-20-16)11-13-7-3-6-12-5-1-2-8-14(12)13;/h1-2,5,8,13H,3-4,6-7,9-11,18H2;1H. The molecule has 0 aliphatic heterocycles. The maximum atomic E-state index is 6.26. The van der Waals surface area contributed by atoms with E-state index in [0.717, 1.165) is 31.6 Å². The van der Waals surface area contributed by atoms with Gasteiger partial charge in [-0.05, 0) is 55.6 Å². The molecule has 1 heterocycles. The number of benzene rings is 1. The van der Waals surface area contributed by atoms with Crippen molar-refractivity contribution in [3.05, 3.63) is 47.1 Å². The van der Waals surface area contributed by atoms with Crippen molar-refractivity contribution in [2.75, 3.05) is 0 Å². The Bertz CT molecular complexity index is 651. The normalized spacial score (nSPS) is 22.3. The molecular formula is C17H22ClN3O. The van der Waals surface area contributed by atoms with Gasteiger partial charge in [-0.1, -0.05) is 29.4 Å². The van der Waals surface area contributed by atoms with Crippen LogP contribution in [0.5, 0.6) is 0 Å². The first-order chi connectivity index (χ1) is 10.2. The minimum atomic E-state index is -0.327. The lowest BCUT2D eigenvalue weighted by Gasteiger charge is -2.34. The van der Waals surface area contributed by atoms with Crippen molar-refractivity contribution in [2.45, 2.75) is 56.4 Å². The molecule has 1 fully saturated rings. The molecule has 4 rings (SSSR count). The van der Waals surface area contributed by atoms with Crippen LogP contribution in [0.15, 0.2) is 28.8 Å². The number of hydrogen-bond acceptors (Lipinski definition) is 4. The predicted molar refractivity (Wildman–Crippen MR) is 87.1 cm³/mol. The quantitative estimate of drug-likeness (QED) is 0.940. The molecular weight excluding hydrogens is 298 g/mol. The van der Waals surface area contributed by atoms with Gasteiger partial charge in [-0.3, -0.25) is 0 Å². The molecule has 4 nitrogen and oxygen atoms in total. The highest BCUT2D eigenvalue weighted by Gasteiger charge is 2.39. The number of aromatic nitrogens is 2. The van der Waals surface area contributed by atoms with Crippen molar-refractivity contribution in [1.29, 1.82) is 0 Å². The van der Waals surface area contributed by atoms with Crippen LogP contribution < -0.4 is 5.73 Å². The maximum Gasteiger partial charge on any atom is 0.227 e. The summed E-state index contributed by atoms with van der Waals surface area (Å²) in [6, 6.07) is 8.73. The van der Waals surface area contributed by atoms with Gasteiger partial charge in [0.2, 0.25) is 5.89 Å². The first kappa shape index (κ1) is 15.5. The maximum absolute atomic E-state index is 6.26. The lowest BCUT2D eigenvalue weighted by molar-refractivity contribution is 0.228. The molecule has 1 aromatic heterocycles. The second kappa shape index (κ2) is 6.01. The summed E-state index contributed by atoms with van der Waals surface area (Å²) in [7, 11) is 0. The molecule has 0 amide bonds. The van der Waals surface area contributed by atoms with Crippen LogP contribution in [0.2, 0.25) is 0 Å². The zero-order valence-corrected chi connectivity index (χ0v) is 13.4. The fourth-order valence-electron chi connectivity index (χ4n) is 3.60. The number of hydrogen-bond donors (Lipinski definition) is 1. The fourth-order valence-corrected chi connectivity index (χ4v) is 3.60. The summed E-state index contributed by atoms with van der Waals surface area (Å²) in [5.74, 6) is 1.94. The third kappa shape index (κ3) is 2.66. The molecule has 0 radical (unpaired) electrons. The minimum absolute atomic E-state index is 0. The van der Waals surface area contributed by atoms with E-state index in [2.05, 4.69) is 34.4 Å². The highest BCUT2D eigenvalue weighted by atomic mass is 35.5. The van der Waals surface area contributed by atoms with Gasteiger partial charge in [0, 0.05) is 6.42 Å². The molecule has 2 aromatic rings. The van der Waals surface area contributed by atoms with Gasteiger partial charge in [-0.2, -0.15) is 4.98 Å². The molecule has 1 aromatic carbocycles. The summed E-state index contributed by atoms with van der Waals surface area (Å²) in [6.07, 6.45) is 7.56. The Morgan fingerprint density at radius 2 is 2.05 bits per heavy atom. The average molecular weight is 320 g/mol. The number of rotatable bonds is 3. The van der Waals surface area contributed by atoms with Crippen molar-refractivity contribution >= 4 is 12.4 Å². The van der Waals surface area contributed by atoms with Gasteiger partial charge in [-0.25, -0.2) is 0 Å². The summed E-state index contributed by atoms with van der Waals surface area (Å²) in [5, 5.41) is 4.12. The summed E-state index contributed by atoms with van der Waals surface area (Å²) in [6.45, 7) is 0. The van der Waals surface area contributed by atoms with Crippen LogP contribution in [0.3, 0.4) is 0 Å². The molecule has 2 N–H and O–H groups in total. The van der Waals surface area contributed by atoms with Gasteiger partial charge in [0.25, 0.3) is 0 Å². The third-order valence-corrected chi connectivity index (χ3v) is 5.07. The Morgan fingerprint density at radius 1 is 1.23 bits per heavy atom. The smallest absolute Gasteiger partial charge is 0.227 e. The Labute approximate surface area is 136 Å². The van der Waals surface area contributed by atoms with Crippen molar-refractivity contribution in [3.63, 3.8) is 0 Å². The monoisotopic (exact) mass is 319 g/mol. The van der Waals surface area contributed by atoms with Crippen LogP contribution >= 0.6 is 12.4 Å². The number of nitrogens with two attached hydrogens (primary N) is 1. The van der Waals surface area contributed by atoms with Gasteiger partial charge in [0.05, 0.1) is 5.54 Å². The average Bonchev–Trinajstić information content (AvgIpc) is 2.94. The second-order valence-corrected chi connectivity index (χ2v) is 6.51. The Balaban J connectivity index is 0.00000144. The molecule has 118 valence electrons. The van der Waals surface area contributed by atoms with Crippen LogP contribution in [0.4, 0.5) is 0 Å². The molecule has 5 heteroatoms. The van der Waals surface area contributed by atoms with E-state index in [0.29, 0.717) is 11.7 Å². The van der Waals surface area contributed by atoms with Crippen LogP contribution in [0, 0.1) is 0 Å². The Hall–Kier alpha value is -1.39. The first-order valence-electron chi connectivity index (χ1n) is 7.94. The molecule has 22 heavy (non-hydrogen) atoms. The molecule has 2 aliphatic rings. The van der Waals surface area contributed by atoms with Crippen LogP contribution in [0.25, 0.3) is 0 Å². The Morgan fingerprint density at radius 3 is 2.82 bits per heavy atom. The third-order valence-electron chi connectivity index (χ3n) is 5.07. The molecule has 1 atom stereocenters. The molecule has 0 spiro atoms. The van der Waals surface area contributed by atoms with E-state index in [9.17, 15) is 0 Å². The van der Waals surface area contributed by atoms with E-state index < -0.39 is 0 Å². The van der Waals surface area contributed by atoms with Gasteiger partial charge in [0.15, 0.2) is 5.82 Å². The van der Waals surface area contributed by atoms with Gasteiger partial charge < -0.3 is 10.3 Å². The fraction of sp³-hybridized carbons (Fsp3) is 0.529. The highest BCUT2D eigenvalue weighted by Crippen LogP contribution is 2.38. The van der Waals surface area contributed by atoms with Crippen molar-refractivity contribution in [1.82, 2.24) is 10.1 Å². The molecule has 1 unspecified atom stereocenters. The van der Waals surface area contributed by atoms with Gasteiger partial charge in [-0.15, -0.1) is 12.4 Å². The predicted octanol–water partition coefficient (Wildman–Crippen LogP) is 3.49. The lowest BCUT2D eigenvalue weighted by atomic mass is 9.77. The van der Waals surface area contributed by atoms with E-state index in [-0.39, 0.29) is 17.9 Å². The number of halogens is 1. The SMILES string of the molecule is Cl.NC1(c2noc(CC3CCCc4ccccc43)n2)CCC1. The van der Waals surface area contributed by atoms with E-state index >= 15 is 0 Å². The van der Waals surface area contributed by atoms with E-state index in [1.807, 2.05) is 0 Å². The largest absolute Gasteiger partial charge is 0.339 e. The van der Waals surface area contributed by atoms with E-state index in [4.69, 9.17) is 10.3 Å². The van der Waals surface area contributed by atoms with Gasteiger partial charge >= 0.3 is 0 Å². The summed E-state index contributed by atoms with van der Waals surface area (Å²) < 4.78 is 5.46. The summed E-state index contributed by atoms with van der Waals surface area (Å²) in [5.41, 5.74) is 8.86. The molecule has 2 aliphatic carbocycles. The zero-order chi connectivity index (χ0) is 14.3. The van der Waals surface area contributed by atoms with Crippen LogP contribution in [-0.2, 0) is 18.4 Å². The summed E-state index contributed by atoms with van der Waals surface area (Å²) in [4.78, 5) is 4.57. The minimum Gasteiger partial charge on any atom is -0.339 e. The molecule has 1 saturated carbocycles. The van der Waals surface area contributed by atoms with Crippen LogP contribution in [0.1, 0.15) is 60.9 Å². The summed E-state index contributed by atoms with van der Waals surface area (Å²) >= 11 is 0. The molecule has 0 saturated heterocycles. The van der Waals surface area contributed by atoms with Crippen LogP contribution in [-0.4, -0.2) is 10.1 Å². The van der Waals surface area contributed by atoms with Crippen molar-refractivity contribution in [3.8, 4) is 0 Å². The Kier molecular flexibility index (Phi) is 4.24. The topological polar surface area (TPSA) is 64.9 Å². The number of nitrogens with zero attached hydrogens (tertiary/aromatic N) is 2. The lowest BCUT2D eigenvalue weighted by Crippen LogP contribution is -2.44. The van der Waals surface area contributed by atoms with E-state index in [1.165, 1.54) is 30.4 Å². The van der Waals surface area contributed by atoms with Crippen molar-refractivity contribution in [2.24, 2.45) is 5.73 Å². The number of aryl methyl sites for hydroxylation is 1. The van der Waals surface area contributed by atoms with Crippen molar-refractivity contribution < 1.29 is 4.52 Å². The number of fused-ring (bicyclic) bond motifs is 1. The second-order valence-electron chi connectivity index (χ2n) is 6.51. The van der Waals surface area contributed by atoms with E-state index in [1.54, 1.807) is 0 Å². The van der Waals surface area contributed by atoms with Gasteiger partial charge in [0.1, 0.15) is 0 Å². The highest BCUT2D eigenvalue weighted by molar-refractivity contribution is 5.85. The molecule has 0 bridgehead atoms. The zero-order valence-electron chi connectivity index (χ0n) is 12.6. The first-order valence-corrected chi connectivity index (χ1v) is 7.94.